The Kier molecular flexibility index (Phi) is 5.50. The third kappa shape index (κ3) is 4.76. The Morgan fingerprint density at radius 1 is 1.07 bits per heavy atom. The number of nitrogens with zero attached hydrogens (tertiary/aromatic N) is 6. The van der Waals surface area contributed by atoms with Gasteiger partial charge in [-0.25, -0.2) is 10.1 Å². The molecule has 2 N–H and O–H groups in total. The van der Waals surface area contributed by atoms with Gasteiger partial charge in [-0.3, -0.25) is 0 Å². The van der Waals surface area contributed by atoms with E-state index in [1.165, 1.54) is 0 Å². The van der Waals surface area contributed by atoms with Crippen LogP contribution in [0.15, 0.2) is 52.9 Å². The van der Waals surface area contributed by atoms with Crippen molar-refractivity contribution in [2.45, 2.75) is 13.8 Å². The van der Waals surface area contributed by atoms with Crippen molar-refractivity contribution in [3.05, 3.63) is 69.1 Å². The zero-order valence-electron chi connectivity index (χ0n) is 15.7. The summed E-state index contributed by atoms with van der Waals surface area (Å²) in [6.07, 6.45) is 1.71. The first-order valence-electron chi connectivity index (χ1n) is 8.72. The van der Waals surface area contributed by atoms with Gasteiger partial charge in [-0.2, -0.15) is 25.2 Å². The minimum absolute atomic E-state index is 0.298. The fourth-order valence-corrected chi connectivity index (χ4v) is 3.29. The molecule has 8 nitrogen and oxygen atoms in total. The molecule has 3 heterocycles. The lowest BCUT2D eigenvalue weighted by atomic mass is 10.3. The number of hydrogen-bond donors (Lipinski definition) is 2. The number of thiophene rings is 1. The van der Waals surface area contributed by atoms with Gasteiger partial charge in [0, 0.05) is 21.3 Å². The normalized spacial score (nSPS) is 11.1. The van der Waals surface area contributed by atoms with Crippen molar-refractivity contribution in [2.75, 3.05) is 10.7 Å². The third-order valence-electron chi connectivity index (χ3n) is 3.82. The summed E-state index contributed by atoms with van der Waals surface area (Å²) in [7, 11) is 0. The number of hydrazone groups is 1. The van der Waals surface area contributed by atoms with Crippen molar-refractivity contribution in [1.29, 1.82) is 0 Å². The summed E-state index contributed by atoms with van der Waals surface area (Å²) in [6.45, 7) is 3.86. The Hall–Kier alpha value is -3.30. The van der Waals surface area contributed by atoms with Crippen molar-refractivity contribution in [3.8, 4) is 5.95 Å². The van der Waals surface area contributed by atoms with Crippen LogP contribution in [0.5, 0.6) is 0 Å². The summed E-state index contributed by atoms with van der Waals surface area (Å²) < 4.78 is 1.66. The lowest BCUT2D eigenvalue weighted by Crippen LogP contribution is -2.11. The molecule has 0 aliphatic rings. The Morgan fingerprint density at radius 3 is 2.55 bits per heavy atom. The van der Waals surface area contributed by atoms with Crippen LogP contribution in [0.1, 0.15) is 16.3 Å². The Morgan fingerprint density at radius 2 is 1.86 bits per heavy atom. The summed E-state index contributed by atoms with van der Waals surface area (Å²) in [5, 5.41) is 14.5. The van der Waals surface area contributed by atoms with Gasteiger partial charge < -0.3 is 5.32 Å². The first-order chi connectivity index (χ1) is 14.1. The van der Waals surface area contributed by atoms with E-state index in [0.717, 1.165) is 22.0 Å². The first-order valence-corrected chi connectivity index (χ1v) is 9.97. The number of aryl methyl sites for hydroxylation is 2. The zero-order valence-corrected chi connectivity index (χ0v) is 17.2. The second kappa shape index (κ2) is 8.38. The first kappa shape index (κ1) is 19.0. The van der Waals surface area contributed by atoms with E-state index in [9.17, 15) is 0 Å². The molecule has 0 amide bonds. The molecular formula is C19H17ClN8S. The molecule has 3 aromatic heterocycles. The number of hydrogen-bond acceptors (Lipinski definition) is 8. The minimum Gasteiger partial charge on any atom is -0.324 e. The van der Waals surface area contributed by atoms with Gasteiger partial charge in [-0.05, 0) is 55.6 Å². The average Bonchev–Trinajstić information content (AvgIpc) is 3.33. The van der Waals surface area contributed by atoms with Crippen LogP contribution in [0.25, 0.3) is 5.95 Å². The van der Waals surface area contributed by atoms with Crippen molar-refractivity contribution in [3.63, 3.8) is 0 Å². The van der Waals surface area contributed by atoms with E-state index < -0.39 is 0 Å². The summed E-state index contributed by atoms with van der Waals surface area (Å²) in [5.74, 6) is 1.04. The van der Waals surface area contributed by atoms with Crippen molar-refractivity contribution in [1.82, 2.24) is 24.7 Å². The summed E-state index contributed by atoms with van der Waals surface area (Å²) in [5.41, 5.74) is 5.46. The molecule has 10 heteroatoms. The molecule has 4 rings (SSSR count). The maximum atomic E-state index is 5.96. The van der Waals surface area contributed by atoms with Gasteiger partial charge >= 0.3 is 0 Å². The maximum Gasteiger partial charge on any atom is 0.257 e. The fraction of sp³-hybridized carbons (Fsp3) is 0.105. The Bertz CT molecular complexity index is 1140. The Labute approximate surface area is 176 Å². The monoisotopic (exact) mass is 424 g/mol. The highest BCUT2D eigenvalue weighted by molar-refractivity contribution is 7.11. The lowest BCUT2D eigenvalue weighted by molar-refractivity contribution is 0.767. The molecule has 0 bridgehead atoms. The van der Waals surface area contributed by atoms with Gasteiger partial charge in [0.05, 0.1) is 11.9 Å². The van der Waals surface area contributed by atoms with E-state index in [1.54, 1.807) is 34.4 Å². The molecule has 0 spiro atoms. The van der Waals surface area contributed by atoms with E-state index in [0.29, 0.717) is 22.9 Å². The molecule has 146 valence electrons. The van der Waals surface area contributed by atoms with Crippen LogP contribution in [0, 0.1) is 13.8 Å². The molecule has 4 aromatic rings. The second-order valence-electron chi connectivity index (χ2n) is 6.14. The van der Waals surface area contributed by atoms with Crippen LogP contribution in [0.2, 0.25) is 5.02 Å². The molecule has 0 fully saturated rings. The van der Waals surface area contributed by atoms with Gasteiger partial charge in [0.2, 0.25) is 11.9 Å². The molecular weight excluding hydrogens is 408 g/mol. The maximum absolute atomic E-state index is 5.96. The van der Waals surface area contributed by atoms with E-state index in [1.807, 2.05) is 49.6 Å². The number of rotatable bonds is 6. The number of aromatic nitrogens is 5. The van der Waals surface area contributed by atoms with Crippen molar-refractivity contribution < 1.29 is 0 Å². The SMILES string of the molecule is Cc1cc(C)n(-c2nc(N/N=C\c3cccs3)nc(Nc3ccc(Cl)cc3)n2)n1. The van der Waals surface area contributed by atoms with Crippen molar-refractivity contribution >= 4 is 46.7 Å². The standard InChI is InChI=1S/C19H17ClN8S/c1-12-10-13(2)28(27-12)19-24-17(22-15-7-5-14(20)6-8-15)23-18(25-19)26-21-11-16-4-3-9-29-16/h3-11H,1-2H3,(H2,22,23,24,25,26)/b21-11-. The zero-order chi connectivity index (χ0) is 20.2. The van der Waals surface area contributed by atoms with Crippen LogP contribution >= 0.6 is 22.9 Å². The molecule has 1 aromatic carbocycles. The van der Waals surface area contributed by atoms with Gasteiger partial charge in [0.25, 0.3) is 5.95 Å². The minimum atomic E-state index is 0.298. The average molecular weight is 425 g/mol. The van der Waals surface area contributed by atoms with E-state index in [2.05, 4.69) is 35.9 Å². The highest BCUT2D eigenvalue weighted by atomic mass is 35.5. The lowest BCUT2D eigenvalue weighted by Gasteiger charge is -2.09. The van der Waals surface area contributed by atoms with Crippen LogP contribution in [0.4, 0.5) is 17.6 Å². The summed E-state index contributed by atoms with van der Waals surface area (Å²) in [4.78, 5) is 14.4. The number of benzene rings is 1. The van der Waals surface area contributed by atoms with Gasteiger partial charge in [-0.15, -0.1) is 11.3 Å². The van der Waals surface area contributed by atoms with Crippen LogP contribution in [-0.2, 0) is 0 Å². The summed E-state index contributed by atoms with van der Waals surface area (Å²) in [6, 6.07) is 13.2. The molecule has 0 unspecified atom stereocenters. The number of nitrogens with one attached hydrogen (secondary N) is 2. The highest BCUT2D eigenvalue weighted by Crippen LogP contribution is 2.19. The van der Waals surface area contributed by atoms with Gasteiger partial charge in [0.15, 0.2) is 0 Å². The van der Waals surface area contributed by atoms with Crippen molar-refractivity contribution in [2.24, 2.45) is 5.10 Å². The van der Waals surface area contributed by atoms with Crippen LogP contribution in [-0.4, -0.2) is 30.9 Å². The smallest absolute Gasteiger partial charge is 0.257 e. The molecule has 0 atom stereocenters. The van der Waals surface area contributed by atoms with Gasteiger partial charge in [0.1, 0.15) is 0 Å². The quantitative estimate of drug-likeness (QED) is 0.347. The predicted molar refractivity (Wildman–Crippen MR) is 117 cm³/mol. The molecule has 0 aliphatic heterocycles. The van der Waals surface area contributed by atoms with Crippen LogP contribution < -0.4 is 10.7 Å². The van der Waals surface area contributed by atoms with E-state index in [-0.39, 0.29) is 0 Å². The molecule has 0 saturated carbocycles. The highest BCUT2D eigenvalue weighted by Gasteiger charge is 2.12. The molecule has 29 heavy (non-hydrogen) atoms. The molecule has 0 aliphatic carbocycles. The third-order valence-corrected chi connectivity index (χ3v) is 4.88. The topological polar surface area (TPSA) is 92.9 Å². The Balaban J connectivity index is 1.66. The summed E-state index contributed by atoms with van der Waals surface area (Å²) >= 11 is 7.55. The van der Waals surface area contributed by atoms with E-state index >= 15 is 0 Å². The second-order valence-corrected chi connectivity index (χ2v) is 7.55. The largest absolute Gasteiger partial charge is 0.324 e. The molecule has 0 radical (unpaired) electrons. The van der Waals surface area contributed by atoms with Crippen LogP contribution in [0.3, 0.4) is 0 Å². The fourth-order valence-electron chi connectivity index (χ4n) is 2.58. The number of anilines is 3. The van der Waals surface area contributed by atoms with E-state index in [4.69, 9.17) is 11.6 Å². The molecule has 0 saturated heterocycles. The van der Waals surface area contributed by atoms with Gasteiger partial charge in [-0.1, -0.05) is 17.7 Å². The predicted octanol–water partition coefficient (Wildman–Crippen LogP) is 4.58. The number of halogens is 1.